The van der Waals surface area contributed by atoms with Crippen molar-refractivity contribution < 1.29 is 19.1 Å². The van der Waals surface area contributed by atoms with E-state index in [1.54, 1.807) is 48.1 Å². The molecule has 0 atom stereocenters. The van der Waals surface area contributed by atoms with E-state index < -0.39 is 0 Å². The molecule has 0 aliphatic heterocycles. The van der Waals surface area contributed by atoms with Crippen molar-refractivity contribution in [2.24, 2.45) is 0 Å². The predicted molar refractivity (Wildman–Crippen MR) is 195 cm³/mol. The van der Waals surface area contributed by atoms with E-state index in [4.69, 9.17) is 22.1 Å². The molecule has 0 bridgehead atoms. The van der Waals surface area contributed by atoms with Gasteiger partial charge in [-0.15, -0.1) is 0 Å². The van der Waals surface area contributed by atoms with Crippen LogP contribution < -0.4 is 21.1 Å². The van der Waals surface area contributed by atoms with Crippen molar-refractivity contribution in [3.05, 3.63) is 92.0 Å². The Morgan fingerprint density at radius 2 is 1.71 bits per heavy atom. The average molecular weight is 737 g/mol. The van der Waals surface area contributed by atoms with Gasteiger partial charge in [-0.3, -0.25) is 23.9 Å². The molecule has 5 rings (SSSR count). The van der Waals surface area contributed by atoms with Crippen LogP contribution in [0.2, 0.25) is 5.02 Å². The number of amides is 2. The van der Waals surface area contributed by atoms with Gasteiger partial charge in [0.05, 0.1) is 24.7 Å². The maximum absolute atomic E-state index is 13.6. The average Bonchev–Trinajstić information content (AvgIpc) is 3.36. The van der Waals surface area contributed by atoms with Crippen LogP contribution in [0.1, 0.15) is 76.6 Å². The van der Waals surface area contributed by atoms with Crippen LogP contribution in [0.25, 0.3) is 10.9 Å². The number of carbonyl (C=O) groups excluding carboxylic acids is 3. The first-order valence-electron chi connectivity index (χ1n) is 16.5. The number of ether oxygens (including phenoxy) is 1. The van der Waals surface area contributed by atoms with Gasteiger partial charge in [-0.25, -0.2) is 0 Å². The van der Waals surface area contributed by atoms with Gasteiger partial charge in [-0.2, -0.15) is 0 Å². The molecule has 0 radical (unpaired) electrons. The summed E-state index contributed by atoms with van der Waals surface area (Å²) in [5.41, 5.74) is 11.1. The van der Waals surface area contributed by atoms with Crippen LogP contribution >= 0.6 is 27.5 Å². The van der Waals surface area contributed by atoms with Crippen LogP contribution in [0, 0.1) is 6.92 Å². The van der Waals surface area contributed by atoms with Gasteiger partial charge in [0.15, 0.2) is 0 Å². The van der Waals surface area contributed by atoms with Crippen molar-refractivity contribution in [2.45, 2.75) is 65.0 Å². The number of methoxy groups -OCH3 is 1. The first-order chi connectivity index (χ1) is 23.1. The number of nitrogens with one attached hydrogen (secondary N) is 2. The van der Waals surface area contributed by atoms with E-state index >= 15 is 0 Å². The second-order valence-electron chi connectivity index (χ2n) is 12.3. The zero-order valence-electron chi connectivity index (χ0n) is 27.7. The summed E-state index contributed by atoms with van der Waals surface area (Å²) in [5.74, 6) is -0.0638. The molecule has 48 heavy (non-hydrogen) atoms. The third-order valence-corrected chi connectivity index (χ3v) is 10.2. The van der Waals surface area contributed by atoms with Gasteiger partial charge in [0.25, 0.3) is 11.8 Å². The molecule has 3 aromatic carbocycles. The molecule has 9 nitrogen and oxygen atoms in total. The van der Waals surface area contributed by atoms with E-state index in [0.717, 1.165) is 23.1 Å². The smallest absolute Gasteiger partial charge is 0.262 e. The summed E-state index contributed by atoms with van der Waals surface area (Å²) in [6.07, 6.45) is 6.23. The third-order valence-electron chi connectivity index (χ3n) is 9.25. The Morgan fingerprint density at radius 3 is 2.40 bits per heavy atom. The van der Waals surface area contributed by atoms with Crippen molar-refractivity contribution in [2.75, 3.05) is 32.5 Å². The van der Waals surface area contributed by atoms with Crippen LogP contribution in [0.5, 0.6) is 5.75 Å². The maximum Gasteiger partial charge on any atom is 0.262 e. The summed E-state index contributed by atoms with van der Waals surface area (Å²) < 4.78 is 7.75. The van der Waals surface area contributed by atoms with Crippen molar-refractivity contribution in [3.63, 3.8) is 0 Å². The van der Waals surface area contributed by atoms with Crippen LogP contribution in [0.15, 0.2) is 59.1 Å². The summed E-state index contributed by atoms with van der Waals surface area (Å²) in [6.45, 7) is 6.09. The number of anilines is 1. The molecule has 1 aliphatic rings. The van der Waals surface area contributed by atoms with E-state index in [1.165, 1.54) is 32.1 Å². The highest BCUT2D eigenvalue weighted by Gasteiger charge is 2.24. The summed E-state index contributed by atoms with van der Waals surface area (Å²) in [5, 5.41) is 7.12. The van der Waals surface area contributed by atoms with Crippen molar-refractivity contribution in [1.29, 1.82) is 0 Å². The van der Waals surface area contributed by atoms with E-state index in [2.05, 4.69) is 38.4 Å². The zero-order valence-corrected chi connectivity index (χ0v) is 30.0. The van der Waals surface area contributed by atoms with Crippen LogP contribution in [-0.4, -0.2) is 60.0 Å². The number of aromatic nitrogens is 1. The van der Waals surface area contributed by atoms with Gasteiger partial charge in [0, 0.05) is 57.4 Å². The lowest BCUT2D eigenvalue weighted by atomic mass is 9.93. The van der Waals surface area contributed by atoms with E-state index in [-0.39, 0.29) is 37.2 Å². The van der Waals surface area contributed by atoms with Crippen LogP contribution in [-0.2, 0) is 17.8 Å². The fourth-order valence-corrected chi connectivity index (χ4v) is 7.23. The lowest BCUT2D eigenvalue weighted by Gasteiger charge is -2.34. The largest absolute Gasteiger partial charge is 0.497 e. The first kappa shape index (κ1) is 35.4. The standard InChI is InChI=1S/C37H43BrClN5O4/c1-4-43(28-8-6-5-7-9-28)22-26-18-25(19-32(38)35(26)40)36(46)42-17-16-41-34(45)21-30-23(2)44(33-15-14-29(48-3)20-31(30)33)37(47)24-10-12-27(39)13-11-24/h10-15,18-20,28H,4-9,16-17,21-22,40H2,1-3H3,(H,41,45)(H,42,46). The number of carbonyl (C=O) groups is 3. The number of hydrogen-bond acceptors (Lipinski definition) is 6. The Morgan fingerprint density at radius 1 is 1.00 bits per heavy atom. The summed E-state index contributed by atoms with van der Waals surface area (Å²) in [7, 11) is 1.58. The number of nitrogens with zero attached hydrogens (tertiary/aromatic N) is 2. The molecule has 254 valence electrons. The minimum Gasteiger partial charge on any atom is -0.497 e. The maximum atomic E-state index is 13.6. The molecule has 1 fully saturated rings. The highest BCUT2D eigenvalue weighted by Crippen LogP contribution is 2.32. The fourth-order valence-electron chi connectivity index (χ4n) is 6.60. The Balaban J connectivity index is 1.23. The molecule has 1 aromatic heterocycles. The van der Waals surface area contributed by atoms with Gasteiger partial charge in [0.1, 0.15) is 5.75 Å². The lowest BCUT2D eigenvalue weighted by Crippen LogP contribution is -2.36. The fraction of sp³-hybridized carbons (Fsp3) is 0.378. The Bertz CT molecular complexity index is 1800. The molecule has 4 N–H and O–H groups in total. The topological polar surface area (TPSA) is 119 Å². The van der Waals surface area contributed by atoms with Crippen molar-refractivity contribution in [3.8, 4) is 5.75 Å². The molecule has 1 saturated carbocycles. The van der Waals surface area contributed by atoms with Crippen LogP contribution in [0.4, 0.5) is 5.69 Å². The molecular formula is C37H43BrClN5O4. The molecule has 1 aliphatic carbocycles. The summed E-state index contributed by atoms with van der Waals surface area (Å²) in [6, 6.07) is 16.3. The van der Waals surface area contributed by atoms with Crippen molar-refractivity contribution >= 4 is 61.8 Å². The number of rotatable bonds is 12. The number of nitrogen functional groups attached to an aromatic ring is 1. The van der Waals surface area contributed by atoms with Gasteiger partial charge in [-0.1, -0.05) is 37.8 Å². The quantitative estimate of drug-likeness (QED) is 0.108. The van der Waals surface area contributed by atoms with E-state index in [1.807, 2.05) is 25.1 Å². The SMILES string of the molecule is CCN(Cc1cc(C(=O)NCCNC(=O)Cc2c(C)n(C(=O)c3ccc(Cl)cc3)c3ccc(OC)cc23)cc(Br)c1N)C1CCCCC1. The van der Waals surface area contributed by atoms with Gasteiger partial charge >= 0.3 is 0 Å². The molecule has 0 unspecified atom stereocenters. The molecule has 0 saturated heterocycles. The molecule has 0 spiro atoms. The van der Waals surface area contributed by atoms with Gasteiger partial charge < -0.3 is 21.1 Å². The summed E-state index contributed by atoms with van der Waals surface area (Å²) in [4.78, 5) is 42.3. The second kappa shape index (κ2) is 16.0. The van der Waals surface area contributed by atoms with Crippen molar-refractivity contribution in [1.82, 2.24) is 20.1 Å². The van der Waals surface area contributed by atoms with E-state index in [9.17, 15) is 14.4 Å². The van der Waals surface area contributed by atoms with E-state index in [0.29, 0.717) is 55.9 Å². The Labute approximate surface area is 295 Å². The molecule has 1 heterocycles. The number of hydrogen-bond donors (Lipinski definition) is 3. The minimum absolute atomic E-state index is 0.0491. The summed E-state index contributed by atoms with van der Waals surface area (Å²) >= 11 is 9.59. The monoisotopic (exact) mass is 735 g/mol. The Hall–Kier alpha value is -3.86. The number of halogens is 2. The predicted octanol–water partition coefficient (Wildman–Crippen LogP) is 6.89. The molecular weight excluding hydrogens is 694 g/mol. The second-order valence-corrected chi connectivity index (χ2v) is 13.6. The van der Waals surface area contributed by atoms with Crippen LogP contribution in [0.3, 0.4) is 0 Å². The molecule has 4 aromatic rings. The molecule has 2 amide bonds. The number of nitrogens with two attached hydrogens (primary N) is 1. The third kappa shape index (κ3) is 8.05. The lowest BCUT2D eigenvalue weighted by molar-refractivity contribution is -0.120. The highest BCUT2D eigenvalue weighted by molar-refractivity contribution is 9.10. The highest BCUT2D eigenvalue weighted by atomic mass is 79.9. The zero-order chi connectivity index (χ0) is 34.4. The van der Waals surface area contributed by atoms with Gasteiger partial charge in [0.2, 0.25) is 5.91 Å². The molecule has 11 heteroatoms. The first-order valence-corrected chi connectivity index (χ1v) is 17.6. The number of benzene rings is 3. The number of fused-ring (bicyclic) bond motifs is 1. The minimum atomic E-state index is -0.237. The van der Waals surface area contributed by atoms with Gasteiger partial charge in [-0.05, 0) is 108 Å². The Kier molecular flexibility index (Phi) is 11.8. The normalized spacial score (nSPS) is 13.5.